The summed E-state index contributed by atoms with van der Waals surface area (Å²) >= 11 is 0. The van der Waals surface area contributed by atoms with Crippen molar-refractivity contribution in [1.82, 2.24) is 10.2 Å². The second-order valence-electron chi connectivity index (χ2n) is 7.20. The first-order valence-electron chi connectivity index (χ1n) is 7.59. The van der Waals surface area contributed by atoms with Crippen molar-refractivity contribution in [3.63, 3.8) is 0 Å². The quantitative estimate of drug-likeness (QED) is 0.807. The summed E-state index contributed by atoms with van der Waals surface area (Å²) < 4.78 is 0. The highest BCUT2D eigenvalue weighted by Gasteiger charge is 2.49. The second-order valence-corrected chi connectivity index (χ2v) is 7.20. The number of hydrogen-bond acceptors (Lipinski definition) is 2. The molecule has 2 bridgehead atoms. The minimum Gasteiger partial charge on any atom is -0.314 e. The van der Waals surface area contributed by atoms with Gasteiger partial charge in [0.25, 0.3) is 0 Å². The largest absolute Gasteiger partial charge is 0.314 e. The van der Waals surface area contributed by atoms with E-state index >= 15 is 0 Å². The van der Waals surface area contributed by atoms with Crippen LogP contribution in [0.2, 0.25) is 0 Å². The van der Waals surface area contributed by atoms with Gasteiger partial charge in [0.1, 0.15) is 0 Å². The second kappa shape index (κ2) is 4.24. The summed E-state index contributed by atoms with van der Waals surface area (Å²) in [5.41, 5.74) is 0.651. The lowest BCUT2D eigenvalue weighted by Gasteiger charge is -2.39. The summed E-state index contributed by atoms with van der Waals surface area (Å²) in [5, 5.41) is 3.66. The van der Waals surface area contributed by atoms with E-state index in [4.69, 9.17) is 0 Å². The van der Waals surface area contributed by atoms with Gasteiger partial charge in [-0.05, 0) is 50.0 Å². The van der Waals surface area contributed by atoms with Gasteiger partial charge in [0.05, 0.1) is 0 Å². The normalized spacial score (nSPS) is 43.9. The maximum Gasteiger partial charge on any atom is 0.0114 e. The topological polar surface area (TPSA) is 15.3 Å². The molecule has 3 aliphatic rings. The minimum absolute atomic E-state index is 0.651. The van der Waals surface area contributed by atoms with E-state index in [9.17, 15) is 0 Å². The number of fused-ring (bicyclic) bond motifs is 2. The molecule has 0 radical (unpaired) electrons. The summed E-state index contributed by atoms with van der Waals surface area (Å²) in [6, 6.07) is 2.60. The molecule has 3 fully saturated rings. The van der Waals surface area contributed by atoms with E-state index < -0.39 is 0 Å². The lowest BCUT2D eigenvalue weighted by atomic mass is 9.96. The first kappa shape index (κ1) is 12.0. The third-order valence-corrected chi connectivity index (χ3v) is 5.53. The zero-order valence-corrected chi connectivity index (χ0v) is 11.7. The Balaban J connectivity index is 1.58. The van der Waals surface area contributed by atoms with Crippen LogP contribution in [-0.2, 0) is 0 Å². The fourth-order valence-corrected chi connectivity index (χ4v) is 4.17. The molecule has 0 amide bonds. The molecule has 2 heteroatoms. The zero-order chi connectivity index (χ0) is 12.0. The standard InChI is InChI=1S/C15H28N2/c1-4-16-12-7-13-5-6-14(8-12)17(13)10-11-9-15(11,2)3/h11-14,16H,4-10H2,1-3H3. The van der Waals surface area contributed by atoms with Crippen molar-refractivity contribution < 1.29 is 0 Å². The Labute approximate surface area is 106 Å². The van der Waals surface area contributed by atoms with Gasteiger partial charge in [-0.1, -0.05) is 20.8 Å². The average molecular weight is 236 g/mol. The molecule has 0 aromatic carbocycles. The average Bonchev–Trinajstić information content (AvgIpc) is 2.79. The Kier molecular flexibility index (Phi) is 2.99. The van der Waals surface area contributed by atoms with Crippen LogP contribution in [0.15, 0.2) is 0 Å². The molecule has 2 heterocycles. The number of nitrogens with one attached hydrogen (secondary N) is 1. The molecule has 0 spiro atoms. The number of nitrogens with zero attached hydrogens (tertiary/aromatic N) is 1. The number of rotatable bonds is 4. The minimum atomic E-state index is 0.651. The van der Waals surface area contributed by atoms with Crippen molar-refractivity contribution in [1.29, 1.82) is 0 Å². The van der Waals surface area contributed by atoms with Gasteiger partial charge in [-0.3, -0.25) is 4.90 Å². The van der Waals surface area contributed by atoms with Crippen LogP contribution in [0.3, 0.4) is 0 Å². The molecular weight excluding hydrogens is 208 g/mol. The molecule has 1 aliphatic carbocycles. The Bertz CT molecular complexity index is 273. The van der Waals surface area contributed by atoms with Gasteiger partial charge in [0.15, 0.2) is 0 Å². The van der Waals surface area contributed by atoms with Crippen molar-refractivity contribution in [3.05, 3.63) is 0 Å². The predicted molar refractivity (Wildman–Crippen MR) is 72.1 cm³/mol. The monoisotopic (exact) mass is 236 g/mol. The first-order valence-corrected chi connectivity index (χ1v) is 7.59. The number of hydrogen-bond donors (Lipinski definition) is 1. The smallest absolute Gasteiger partial charge is 0.0114 e. The van der Waals surface area contributed by atoms with Gasteiger partial charge >= 0.3 is 0 Å². The molecule has 2 saturated heterocycles. The van der Waals surface area contributed by atoms with Crippen LogP contribution in [0.4, 0.5) is 0 Å². The molecule has 98 valence electrons. The van der Waals surface area contributed by atoms with Crippen LogP contribution in [0.1, 0.15) is 52.9 Å². The fraction of sp³-hybridized carbons (Fsp3) is 1.00. The zero-order valence-electron chi connectivity index (χ0n) is 11.7. The van der Waals surface area contributed by atoms with Gasteiger partial charge in [-0.2, -0.15) is 0 Å². The van der Waals surface area contributed by atoms with E-state index in [1.165, 1.54) is 38.6 Å². The lowest BCUT2D eigenvalue weighted by Crippen LogP contribution is -2.49. The molecule has 3 unspecified atom stereocenters. The Hall–Kier alpha value is -0.0800. The van der Waals surface area contributed by atoms with Crippen LogP contribution >= 0.6 is 0 Å². The van der Waals surface area contributed by atoms with Crippen LogP contribution in [0.25, 0.3) is 0 Å². The van der Waals surface area contributed by atoms with Gasteiger partial charge in [0, 0.05) is 24.7 Å². The Morgan fingerprint density at radius 3 is 2.24 bits per heavy atom. The van der Waals surface area contributed by atoms with Gasteiger partial charge in [-0.15, -0.1) is 0 Å². The predicted octanol–water partition coefficient (Wildman–Crippen LogP) is 2.64. The van der Waals surface area contributed by atoms with Crippen LogP contribution in [0, 0.1) is 11.3 Å². The fourth-order valence-electron chi connectivity index (χ4n) is 4.17. The van der Waals surface area contributed by atoms with Crippen LogP contribution < -0.4 is 5.32 Å². The molecule has 3 atom stereocenters. The molecular formula is C15H28N2. The van der Waals surface area contributed by atoms with Crippen molar-refractivity contribution >= 4 is 0 Å². The van der Waals surface area contributed by atoms with Gasteiger partial charge in [0.2, 0.25) is 0 Å². The van der Waals surface area contributed by atoms with E-state index in [-0.39, 0.29) is 0 Å². The molecule has 0 aromatic heterocycles. The summed E-state index contributed by atoms with van der Waals surface area (Å²) in [7, 11) is 0. The maximum atomic E-state index is 3.66. The maximum absolute atomic E-state index is 3.66. The van der Waals surface area contributed by atoms with Crippen molar-refractivity contribution in [2.75, 3.05) is 13.1 Å². The first-order chi connectivity index (χ1) is 8.10. The summed E-state index contributed by atoms with van der Waals surface area (Å²) in [6.45, 7) is 9.64. The Morgan fingerprint density at radius 1 is 1.18 bits per heavy atom. The highest BCUT2D eigenvalue weighted by atomic mass is 15.2. The van der Waals surface area contributed by atoms with E-state index in [0.29, 0.717) is 5.41 Å². The van der Waals surface area contributed by atoms with Crippen molar-refractivity contribution in [3.8, 4) is 0 Å². The summed E-state index contributed by atoms with van der Waals surface area (Å²) in [6.07, 6.45) is 7.17. The molecule has 17 heavy (non-hydrogen) atoms. The molecule has 2 aliphatic heterocycles. The molecule has 1 saturated carbocycles. The van der Waals surface area contributed by atoms with Crippen molar-refractivity contribution in [2.24, 2.45) is 11.3 Å². The van der Waals surface area contributed by atoms with E-state index in [0.717, 1.165) is 30.6 Å². The third-order valence-electron chi connectivity index (χ3n) is 5.53. The Morgan fingerprint density at radius 2 is 1.76 bits per heavy atom. The lowest BCUT2D eigenvalue weighted by molar-refractivity contribution is 0.108. The van der Waals surface area contributed by atoms with E-state index in [1.54, 1.807) is 0 Å². The van der Waals surface area contributed by atoms with Crippen LogP contribution in [-0.4, -0.2) is 36.1 Å². The highest BCUT2D eigenvalue weighted by Crippen LogP contribution is 2.53. The molecule has 1 N–H and O–H groups in total. The SMILES string of the molecule is CCNC1CC2CCC(C1)N2CC1CC1(C)C. The molecule has 3 rings (SSSR count). The molecule has 2 nitrogen and oxygen atoms in total. The van der Waals surface area contributed by atoms with Gasteiger partial charge < -0.3 is 5.32 Å². The number of piperidine rings is 1. The summed E-state index contributed by atoms with van der Waals surface area (Å²) in [5.74, 6) is 0.987. The molecule has 0 aromatic rings. The van der Waals surface area contributed by atoms with E-state index in [1.807, 2.05) is 0 Å². The van der Waals surface area contributed by atoms with Crippen molar-refractivity contribution in [2.45, 2.75) is 71.0 Å². The van der Waals surface area contributed by atoms with E-state index in [2.05, 4.69) is 31.0 Å². The van der Waals surface area contributed by atoms with Crippen LogP contribution in [0.5, 0.6) is 0 Å². The third kappa shape index (κ3) is 2.26. The summed E-state index contributed by atoms with van der Waals surface area (Å²) in [4.78, 5) is 2.87. The highest BCUT2D eigenvalue weighted by molar-refractivity contribution is 5.03. The van der Waals surface area contributed by atoms with Gasteiger partial charge in [-0.25, -0.2) is 0 Å².